The van der Waals surface area contributed by atoms with E-state index < -0.39 is 5.97 Å². The first-order valence-electron chi connectivity index (χ1n) is 10.2. The number of carbonyl (C=O) groups excluding carboxylic acids is 2. The van der Waals surface area contributed by atoms with Crippen molar-refractivity contribution in [2.75, 3.05) is 0 Å². The van der Waals surface area contributed by atoms with E-state index in [2.05, 4.69) is 4.99 Å². The fourth-order valence-electron chi connectivity index (χ4n) is 2.99. The van der Waals surface area contributed by atoms with E-state index in [-0.39, 0.29) is 24.0 Å². The number of hydrogen-bond acceptors (Lipinski definition) is 4. The van der Waals surface area contributed by atoms with Crippen molar-refractivity contribution in [2.24, 2.45) is 4.99 Å². The molecule has 0 atom stereocenters. The quantitative estimate of drug-likeness (QED) is 0.209. The van der Waals surface area contributed by atoms with Gasteiger partial charge in [-0.25, -0.2) is 9.79 Å². The van der Waals surface area contributed by atoms with Crippen molar-refractivity contribution in [3.63, 3.8) is 0 Å². The van der Waals surface area contributed by atoms with Crippen LogP contribution in [0.4, 0.5) is 0 Å². The first kappa shape index (κ1) is 21.9. The third-order valence-corrected chi connectivity index (χ3v) is 4.46. The van der Waals surface area contributed by atoms with Crippen LogP contribution in [-0.4, -0.2) is 23.6 Å². The number of rotatable bonds is 8. The van der Waals surface area contributed by atoms with Crippen molar-refractivity contribution in [2.45, 2.75) is 26.4 Å². The number of ketones is 1. The predicted molar refractivity (Wildman–Crippen MR) is 123 cm³/mol. The third kappa shape index (κ3) is 6.34. The number of hydrogen-bond donors (Lipinski definition) is 0. The Labute approximate surface area is 182 Å². The first-order valence-corrected chi connectivity index (χ1v) is 10.2. The summed E-state index contributed by atoms with van der Waals surface area (Å²) in [6, 6.07) is 28.3. The van der Waals surface area contributed by atoms with Crippen LogP contribution >= 0.6 is 0 Å². The van der Waals surface area contributed by atoms with Gasteiger partial charge in [0, 0.05) is 23.1 Å². The van der Waals surface area contributed by atoms with Crippen LogP contribution in [0.5, 0.6) is 0 Å². The molecule has 3 rings (SSSR count). The highest BCUT2D eigenvalue weighted by molar-refractivity contribution is 6.14. The maximum Gasteiger partial charge on any atom is 0.356 e. The van der Waals surface area contributed by atoms with E-state index in [0.717, 1.165) is 11.1 Å². The van der Waals surface area contributed by atoms with Crippen molar-refractivity contribution in [1.29, 1.82) is 0 Å². The maximum absolute atomic E-state index is 12.8. The molecular formula is C27H25NO3. The van der Waals surface area contributed by atoms with Crippen LogP contribution in [0, 0.1) is 0 Å². The van der Waals surface area contributed by atoms with E-state index in [1.807, 2.05) is 78.9 Å². The normalized spacial score (nSPS) is 11.1. The number of carbonyl (C=O) groups is 2. The van der Waals surface area contributed by atoms with Gasteiger partial charge < -0.3 is 4.74 Å². The number of nitrogens with zero attached hydrogens (tertiary/aromatic N) is 1. The van der Waals surface area contributed by atoms with Gasteiger partial charge in [-0.1, -0.05) is 91.0 Å². The molecule has 156 valence electrons. The zero-order valence-electron chi connectivity index (χ0n) is 17.7. The number of esters is 1. The zero-order valence-corrected chi connectivity index (χ0v) is 17.7. The molecule has 0 aliphatic heterocycles. The highest BCUT2D eigenvalue weighted by Crippen LogP contribution is 2.16. The lowest BCUT2D eigenvalue weighted by Crippen LogP contribution is -2.15. The summed E-state index contributed by atoms with van der Waals surface area (Å²) in [5.74, 6) is -0.646. The number of allylic oxidation sites excluding steroid dienone is 1. The SMILES string of the molecule is CC(C)OC(=O)/C(=C\CC(=O)c1ccccc1)N=C(c1ccccc1)c1ccccc1. The number of ether oxygens (including phenoxy) is 1. The Morgan fingerprint density at radius 2 is 1.23 bits per heavy atom. The van der Waals surface area contributed by atoms with Crippen molar-refractivity contribution in [3.8, 4) is 0 Å². The Morgan fingerprint density at radius 3 is 1.68 bits per heavy atom. The van der Waals surface area contributed by atoms with E-state index in [0.29, 0.717) is 11.3 Å². The van der Waals surface area contributed by atoms with Crippen LogP contribution in [-0.2, 0) is 9.53 Å². The molecule has 0 heterocycles. The van der Waals surface area contributed by atoms with Gasteiger partial charge in [0.15, 0.2) is 5.78 Å². The third-order valence-electron chi connectivity index (χ3n) is 4.46. The van der Waals surface area contributed by atoms with Crippen LogP contribution in [0.3, 0.4) is 0 Å². The number of benzene rings is 3. The molecule has 0 amide bonds. The number of aliphatic imine (C=N–C) groups is 1. The van der Waals surface area contributed by atoms with Gasteiger partial charge in [0.2, 0.25) is 0 Å². The molecule has 0 saturated heterocycles. The first-order chi connectivity index (χ1) is 15.0. The number of Topliss-reactive ketones (excluding diaryl/α,β-unsaturated/α-hetero) is 1. The van der Waals surface area contributed by atoms with Crippen LogP contribution in [0.15, 0.2) is 108 Å². The molecule has 31 heavy (non-hydrogen) atoms. The van der Waals surface area contributed by atoms with Crippen LogP contribution in [0.1, 0.15) is 41.8 Å². The van der Waals surface area contributed by atoms with Crippen molar-refractivity contribution >= 4 is 17.5 Å². The summed E-state index contributed by atoms with van der Waals surface area (Å²) in [6.07, 6.45) is 1.30. The summed E-state index contributed by atoms with van der Waals surface area (Å²) in [7, 11) is 0. The van der Waals surface area contributed by atoms with Gasteiger partial charge in [-0.3, -0.25) is 4.79 Å². The average molecular weight is 412 g/mol. The molecule has 0 saturated carbocycles. The van der Waals surface area contributed by atoms with Crippen LogP contribution in [0.2, 0.25) is 0 Å². The van der Waals surface area contributed by atoms with E-state index in [9.17, 15) is 9.59 Å². The monoisotopic (exact) mass is 411 g/mol. The lowest BCUT2D eigenvalue weighted by atomic mass is 10.0. The second-order valence-corrected chi connectivity index (χ2v) is 7.23. The minimum absolute atomic E-state index is 0.0485. The van der Waals surface area contributed by atoms with Crippen molar-refractivity contribution in [3.05, 3.63) is 119 Å². The van der Waals surface area contributed by atoms with Crippen LogP contribution < -0.4 is 0 Å². The predicted octanol–water partition coefficient (Wildman–Crippen LogP) is 5.63. The van der Waals surface area contributed by atoms with Gasteiger partial charge in [-0.05, 0) is 19.9 Å². The van der Waals surface area contributed by atoms with Crippen LogP contribution in [0.25, 0.3) is 0 Å². The minimum atomic E-state index is -0.555. The molecular weight excluding hydrogens is 386 g/mol. The molecule has 0 aliphatic carbocycles. The Kier molecular flexibility index (Phi) is 7.66. The molecule has 0 radical (unpaired) electrons. The fourth-order valence-corrected chi connectivity index (χ4v) is 2.99. The Balaban J connectivity index is 2.02. The van der Waals surface area contributed by atoms with Crippen molar-refractivity contribution < 1.29 is 14.3 Å². The lowest BCUT2D eigenvalue weighted by Gasteiger charge is -2.11. The molecule has 0 aliphatic rings. The molecule has 3 aromatic carbocycles. The summed E-state index contributed by atoms with van der Waals surface area (Å²) in [4.78, 5) is 30.1. The van der Waals surface area contributed by atoms with Gasteiger partial charge in [-0.2, -0.15) is 0 Å². The summed E-state index contributed by atoms with van der Waals surface area (Å²) < 4.78 is 5.40. The van der Waals surface area contributed by atoms with Gasteiger partial charge >= 0.3 is 5.97 Å². The highest BCUT2D eigenvalue weighted by Gasteiger charge is 2.16. The lowest BCUT2D eigenvalue weighted by molar-refractivity contribution is -0.142. The van der Waals surface area contributed by atoms with Gasteiger partial charge in [0.05, 0.1) is 11.8 Å². The van der Waals surface area contributed by atoms with E-state index >= 15 is 0 Å². The van der Waals surface area contributed by atoms with Gasteiger partial charge in [0.25, 0.3) is 0 Å². The smallest absolute Gasteiger partial charge is 0.356 e. The standard InChI is InChI=1S/C27H25NO3/c1-20(2)31-27(30)24(18-19-25(29)21-12-6-3-7-13-21)28-26(22-14-8-4-9-15-22)23-16-10-5-11-17-23/h3-18,20H,19H2,1-2H3/b24-18+. The van der Waals surface area contributed by atoms with Gasteiger partial charge in [-0.15, -0.1) is 0 Å². The van der Waals surface area contributed by atoms with E-state index in [1.165, 1.54) is 0 Å². The molecule has 3 aromatic rings. The summed E-state index contributed by atoms with van der Waals surface area (Å²) in [5.41, 5.74) is 3.07. The maximum atomic E-state index is 12.8. The molecule has 0 spiro atoms. The topological polar surface area (TPSA) is 55.7 Å². The summed E-state index contributed by atoms with van der Waals surface area (Å²) in [6.45, 7) is 3.56. The van der Waals surface area contributed by atoms with Crippen molar-refractivity contribution in [1.82, 2.24) is 0 Å². The Morgan fingerprint density at radius 1 is 0.774 bits per heavy atom. The minimum Gasteiger partial charge on any atom is -0.458 e. The second kappa shape index (κ2) is 10.8. The van der Waals surface area contributed by atoms with E-state index in [1.54, 1.807) is 32.1 Å². The summed E-state index contributed by atoms with van der Waals surface area (Å²) in [5, 5.41) is 0. The molecule has 4 nitrogen and oxygen atoms in total. The molecule has 0 N–H and O–H groups in total. The zero-order chi connectivity index (χ0) is 22.1. The van der Waals surface area contributed by atoms with E-state index in [4.69, 9.17) is 4.74 Å². The fraction of sp³-hybridized carbons (Fsp3) is 0.148. The Hall–Kier alpha value is -3.79. The molecule has 0 fully saturated rings. The summed E-state index contributed by atoms with van der Waals surface area (Å²) >= 11 is 0. The Bertz CT molecular complexity index is 1030. The molecule has 0 bridgehead atoms. The highest BCUT2D eigenvalue weighted by atomic mass is 16.5. The molecule has 0 unspecified atom stereocenters. The molecule has 0 aromatic heterocycles. The second-order valence-electron chi connectivity index (χ2n) is 7.23. The van der Waals surface area contributed by atoms with Gasteiger partial charge in [0.1, 0.15) is 5.70 Å². The molecule has 4 heteroatoms. The largest absolute Gasteiger partial charge is 0.458 e. The average Bonchev–Trinajstić information content (AvgIpc) is 2.80.